The van der Waals surface area contributed by atoms with Crippen molar-refractivity contribution in [1.29, 1.82) is 0 Å². The van der Waals surface area contributed by atoms with Crippen LogP contribution < -0.4 is 10.6 Å². The number of carbonyl (C=O) groups is 1. The van der Waals surface area contributed by atoms with E-state index in [4.69, 9.17) is 0 Å². The second-order valence-corrected chi connectivity index (χ2v) is 3.90. The van der Waals surface area contributed by atoms with E-state index in [9.17, 15) is 9.18 Å². The first-order chi connectivity index (χ1) is 9.13. The highest BCUT2D eigenvalue weighted by Crippen LogP contribution is 2.14. The molecule has 0 spiro atoms. The SMILES string of the molecule is CNc1nccc(C(=O)NCc2ccnn2C)c1F. The molecular weight excluding hydrogens is 249 g/mol. The first-order valence-corrected chi connectivity index (χ1v) is 5.71. The third kappa shape index (κ3) is 2.70. The number of hydrogen-bond acceptors (Lipinski definition) is 4. The van der Waals surface area contributed by atoms with Gasteiger partial charge in [0.25, 0.3) is 5.91 Å². The van der Waals surface area contributed by atoms with Crippen LogP contribution in [0.2, 0.25) is 0 Å². The van der Waals surface area contributed by atoms with E-state index < -0.39 is 11.7 Å². The van der Waals surface area contributed by atoms with Gasteiger partial charge in [0, 0.05) is 26.5 Å². The summed E-state index contributed by atoms with van der Waals surface area (Å²) in [6.45, 7) is 0.284. The van der Waals surface area contributed by atoms with E-state index >= 15 is 0 Å². The van der Waals surface area contributed by atoms with Gasteiger partial charge in [-0.1, -0.05) is 0 Å². The molecule has 1 amide bonds. The number of halogens is 1. The fourth-order valence-electron chi connectivity index (χ4n) is 1.63. The lowest BCUT2D eigenvalue weighted by molar-refractivity contribution is 0.0946. The molecule has 2 aromatic rings. The van der Waals surface area contributed by atoms with Crippen LogP contribution in [0, 0.1) is 5.82 Å². The van der Waals surface area contributed by atoms with E-state index in [2.05, 4.69) is 20.7 Å². The third-order valence-electron chi connectivity index (χ3n) is 2.72. The molecule has 19 heavy (non-hydrogen) atoms. The highest BCUT2D eigenvalue weighted by atomic mass is 19.1. The zero-order valence-corrected chi connectivity index (χ0v) is 10.6. The summed E-state index contributed by atoms with van der Waals surface area (Å²) < 4.78 is 15.5. The van der Waals surface area contributed by atoms with Gasteiger partial charge in [-0.25, -0.2) is 9.37 Å². The average Bonchev–Trinajstić information content (AvgIpc) is 2.82. The molecule has 0 aliphatic carbocycles. The van der Waals surface area contributed by atoms with E-state index in [0.717, 1.165) is 5.69 Å². The number of carbonyl (C=O) groups excluding carboxylic acids is 1. The smallest absolute Gasteiger partial charge is 0.254 e. The Hall–Kier alpha value is -2.44. The van der Waals surface area contributed by atoms with Crippen LogP contribution in [0.3, 0.4) is 0 Å². The first kappa shape index (κ1) is 13.0. The van der Waals surface area contributed by atoms with Crippen molar-refractivity contribution in [2.45, 2.75) is 6.54 Å². The number of aryl methyl sites for hydroxylation is 1. The minimum absolute atomic E-state index is 0.0403. The molecule has 0 bridgehead atoms. The molecule has 0 fully saturated rings. The molecule has 0 atom stereocenters. The number of nitrogens with zero attached hydrogens (tertiary/aromatic N) is 3. The van der Waals surface area contributed by atoms with Crippen molar-refractivity contribution >= 4 is 11.7 Å². The maximum absolute atomic E-state index is 13.9. The number of hydrogen-bond donors (Lipinski definition) is 2. The van der Waals surface area contributed by atoms with Crippen LogP contribution in [0.25, 0.3) is 0 Å². The summed E-state index contributed by atoms with van der Waals surface area (Å²) in [5.74, 6) is -1.10. The molecule has 2 rings (SSSR count). The molecule has 0 saturated carbocycles. The topological polar surface area (TPSA) is 71.8 Å². The molecule has 0 aliphatic rings. The van der Waals surface area contributed by atoms with Gasteiger partial charge in [0.05, 0.1) is 17.8 Å². The summed E-state index contributed by atoms with van der Waals surface area (Å²) in [6, 6.07) is 3.12. The van der Waals surface area contributed by atoms with Gasteiger partial charge in [-0.15, -0.1) is 0 Å². The Bertz CT molecular complexity index is 596. The number of aromatic nitrogens is 3. The minimum atomic E-state index is -0.660. The molecular formula is C12H14FN5O. The molecule has 2 heterocycles. The zero-order chi connectivity index (χ0) is 13.8. The maximum atomic E-state index is 13.9. The molecule has 0 aliphatic heterocycles. The molecule has 0 aromatic carbocycles. The Labute approximate surface area is 109 Å². The lowest BCUT2D eigenvalue weighted by Gasteiger charge is -2.08. The van der Waals surface area contributed by atoms with Crippen LogP contribution in [-0.2, 0) is 13.6 Å². The fourth-order valence-corrected chi connectivity index (χ4v) is 1.63. The predicted octanol–water partition coefficient (Wildman–Crippen LogP) is 0.926. The second-order valence-electron chi connectivity index (χ2n) is 3.90. The van der Waals surface area contributed by atoms with Crippen molar-refractivity contribution in [3.8, 4) is 0 Å². The van der Waals surface area contributed by atoms with Crippen LogP contribution in [-0.4, -0.2) is 27.7 Å². The number of nitrogens with one attached hydrogen (secondary N) is 2. The normalized spacial score (nSPS) is 10.3. The van der Waals surface area contributed by atoms with Gasteiger partial charge >= 0.3 is 0 Å². The number of anilines is 1. The van der Waals surface area contributed by atoms with Gasteiger partial charge in [0.1, 0.15) is 0 Å². The van der Waals surface area contributed by atoms with Gasteiger partial charge in [-0.05, 0) is 12.1 Å². The number of amides is 1. The van der Waals surface area contributed by atoms with E-state index in [1.807, 2.05) is 0 Å². The Kier molecular flexibility index (Phi) is 3.74. The second kappa shape index (κ2) is 5.47. The van der Waals surface area contributed by atoms with Crippen molar-refractivity contribution in [2.24, 2.45) is 7.05 Å². The van der Waals surface area contributed by atoms with Crippen LogP contribution in [0.4, 0.5) is 10.2 Å². The zero-order valence-electron chi connectivity index (χ0n) is 10.6. The lowest BCUT2D eigenvalue weighted by Crippen LogP contribution is -2.25. The van der Waals surface area contributed by atoms with E-state index in [0.29, 0.717) is 0 Å². The number of pyridine rings is 1. The monoisotopic (exact) mass is 263 g/mol. The quantitative estimate of drug-likeness (QED) is 0.860. The largest absolute Gasteiger partial charge is 0.371 e. The van der Waals surface area contributed by atoms with Gasteiger partial charge < -0.3 is 10.6 Å². The van der Waals surface area contributed by atoms with Gasteiger partial charge in [-0.2, -0.15) is 5.10 Å². The van der Waals surface area contributed by atoms with Crippen LogP contribution >= 0.6 is 0 Å². The molecule has 2 N–H and O–H groups in total. The summed E-state index contributed by atoms with van der Waals surface area (Å²) in [5.41, 5.74) is 0.790. The highest BCUT2D eigenvalue weighted by molar-refractivity contribution is 5.95. The summed E-state index contributed by atoms with van der Waals surface area (Å²) in [4.78, 5) is 15.7. The van der Waals surface area contributed by atoms with Gasteiger partial charge in [-0.3, -0.25) is 9.48 Å². The van der Waals surface area contributed by atoms with E-state index in [-0.39, 0.29) is 17.9 Å². The average molecular weight is 263 g/mol. The Morgan fingerprint density at radius 1 is 1.42 bits per heavy atom. The highest BCUT2D eigenvalue weighted by Gasteiger charge is 2.15. The van der Waals surface area contributed by atoms with Crippen LogP contribution in [0.5, 0.6) is 0 Å². The van der Waals surface area contributed by atoms with Crippen molar-refractivity contribution in [2.75, 3.05) is 12.4 Å². The molecule has 0 radical (unpaired) electrons. The first-order valence-electron chi connectivity index (χ1n) is 5.71. The molecule has 2 aromatic heterocycles. The molecule has 100 valence electrons. The fraction of sp³-hybridized carbons (Fsp3) is 0.250. The third-order valence-corrected chi connectivity index (χ3v) is 2.72. The standard InChI is InChI=1S/C12H14FN5O/c1-14-11-10(13)9(4-5-15-11)12(19)16-7-8-3-6-17-18(8)2/h3-6H,7H2,1-2H3,(H,14,15)(H,16,19). The Balaban J connectivity index is 2.10. The number of rotatable bonds is 4. The summed E-state index contributed by atoms with van der Waals surface area (Å²) in [7, 11) is 3.32. The van der Waals surface area contributed by atoms with E-state index in [1.165, 1.54) is 12.3 Å². The summed E-state index contributed by atoms with van der Waals surface area (Å²) in [5, 5.41) is 9.21. The summed E-state index contributed by atoms with van der Waals surface area (Å²) >= 11 is 0. The molecule has 0 unspecified atom stereocenters. The predicted molar refractivity (Wildman–Crippen MR) is 68.1 cm³/mol. The van der Waals surface area contributed by atoms with E-state index in [1.54, 1.807) is 31.0 Å². The van der Waals surface area contributed by atoms with Crippen LogP contribution in [0.15, 0.2) is 24.5 Å². The molecule has 0 saturated heterocycles. The van der Waals surface area contributed by atoms with Gasteiger partial charge in [0.15, 0.2) is 11.6 Å². The Morgan fingerprint density at radius 2 is 2.21 bits per heavy atom. The van der Waals surface area contributed by atoms with Crippen molar-refractivity contribution in [3.05, 3.63) is 41.6 Å². The summed E-state index contributed by atoms with van der Waals surface area (Å²) in [6.07, 6.45) is 3.02. The van der Waals surface area contributed by atoms with Crippen molar-refractivity contribution < 1.29 is 9.18 Å². The van der Waals surface area contributed by atoms with Crippen molar-refractivity contribution in [1.82, 2.24) is 20.1 Å². The molecule has 6 nitrogen and oxygen atoms in total. The molecule has 7 heteroatoms. The minimum Gasteiger partial charge on any atom is -0.371 e. The van der Waals surface area contributed by atoms with Crippen LogP contribution in [0.1, 0.15) is 16.1 Å². The lowest BCUT2D eigenvalue weighted by atomic mass is 10.2. The van der Waals surface area contributed by atoms with Crippen molar-refractivity contribution in [3.63, 3.8) is 0 Å². The maximum Gasteiger partial charge on any atom is 0.254 e. The van der Waals surface area contributed by atoms with Gasteiger partial charge in [0.2, 0.25) is 0 Å². The Morgan fingerprint density at radius 3 is 2.84 bits per heavy atom.